The highest BCUT2D eigenvalue weighted by molar-refractivity contribution is 5.79. The fourth-order valence-corrected chi connectivity index (χ4v) is 1.04. The summed E-state index contributed by atoms with van der Waals surface area (Å²) >= 11 is 0. The van der Waals surface area contributed by atoms with Crippen LogP contribution in [0.1, 0.15) is 19.8 Å². The summed E-state index contributed by atoms with van der Waals surface area (Å²) in [5.41, 5.74) is 5.27. The molecule has 0 aromatic heterocycles. The van der Waals surface area contributed by atoms with Crippen molar-refractivity contribution in [1.82, 2.24) is 5.32 Å². The van der Waals surface area contributed by atoms with E-state index < -0.39 is 0 Å². The fourth-order valence-electron chi connectivity index (χ4n) is 1.04. The Morgan fingerprint density at radius 3 is 2.91 bits per heavy atom. The van der Waals surface area contributed by atoms with E-state index in [0.717, 1.165) is 12.5 Å². The predicted octanol–water partition coefficient (Wildman–Crippen LogP) is 0.121. The molecule has 11 heavy (non-hydrogen) atoms. The topological polar surface area (TPSA) is 70.6 Å². The first-order valence-corrected chi connectivity index (χ1v) is 3.94. The van der Waals surface area contributed by atoms with Crippen LogP contribution in [0.3, 0.4) is 0 Å². The van der Waals surface area contributed by atoms with Crippen LogP contribution in [0.2, 0.25) is 0 Å². The van der Waals surface area contributed by atoms with Gasteiger partial charge in [0.05, 0.1) is 0 Å². The van der Waals surface area contributed by atoms with Crippen molar-refractivity contribution in [1.29, 1.82) is 0 Å². The standard InChI is InChI=1S/C7H15N3O/c1-5-4-6(5)9-3-2-7(8)10-11/h5-6,9,11H,2-4H2,1H3,(H2,8,10). The maximum absolute atomic E-state index is 8.20. The molecule has 1 aliphatic carbocycles. The molecule has 0 radical (unpaired) electrons. The minimum absolute atomic E-state index is 0.297. The molecule has 0 aromatic rings. The van der Waals surface area contributed by atoms with Gasteiger partial charge in [-0.1, -0.05) is 12.1 Å². The molecule has 0 aliphatic heterocycles. The van der Waals surface area contributed by atoms with Gasteiger partial charge in [-0.3, -0.25) is 0 Å². The summed E-state index contributed by atoms with van der Waals surface area (Å²) in [4.78, 5) is 0. The molecular weight excluding hydrogens is 142 g/mol. The predicted molar refractivity (Wildman–Crippen MR) is 43.6 cm³/mol. The van der Waals surface area contributed by atoms with Gasteiger partial charge in [0.15, 0.2) is 0 Å². The number of hydrogen-bond acceptors (Lipinski definition) is 3. The number of nitrogens with one attached hydrogen (secondary N) is 1. The smallest absolute Gasteiger partial charge is 0.140 e. The van der Waals surface area contributed by atoms with Crippen molar-refractivity contribution in [3.05, 3.63) is 0 Å². The largest absolute Gasteiger partial charge is 0.409 e. The molecule has 1 rings (SSSR count). The second-order valence-corrected chi connectivity index (χ2v) is 3.11. The summed E-state index contributed by atoms with van der Waals surface area (Å²) in [5, 5.41) is 14.4. The molecule has 2 unspecified atom stereocenters. The molecule has 4 nitrogen and oxygen atoms in total. The van der Waals surface area contributed by atoms with E-state index in [9.17, 15) is 0 Å². The lowest BCUT2D eigenvalue weighted by molar-refractivity contribution is 0.316. The monoisotopic (exact) mass is 157 g/mol. The number of hydrogen-bond donors (Lipinski definition) is 3. The number of rotatable bonds is 4. The van der Waals surface area contributed by atoms with Crippen LogP contribution in [0.5, 0.6) is 0 Å². The fraction of sp³-hybridized carbons (Fsp3) is 0.857. The van der Waals surface area contributed by atoms with E-state index in [1.807, 2.05) is 0 Å². The minimum atomic E-state index is 0.297. The van der Waals surface area contributed by atoms with E-state index >= 15 is 0 Å². The lowest BCUT2D eigenvalue weighted by Gasteiger charge is -2.00. The van der Waals surface area contributed by atoms with Gasteiger partial charge >= 0.3 is 0 Å². The van der Waals surface area contributed by atoms with Crippen LogP contribution in [-0.2, 0) is 0 Å². The van der Waals surface area contributed by atoms with E-state index in [1.165, 1.54) is 6.42 Å². The van der Waals surface area contributed by atoms with Crippen LogP contribution in [0.25, 0.3) is 0 Å². The molecule has 0 bridgehead atoms. The SMILES string of the molecule is CC1CC1NCCC(N)=NO. The molecule has 1 saturated carbocycles. The van der Waals surface area contributed by atoms with E-state index in [0.29, 0.717) is 18.3 Å². The molecule has 4 heteroatoms. The van der Waals surface area contributed by atoms with Crippen LogP contribution in [0.4, 0.5) is 0 Å². The lowest BCUT2D eigenvalue weighted by atomic mass is 10.4. The molecule has 0 amide bonds. The van der Waals surface area contributed by atoms with Crippen molar-refractivity contribution in [3.63, 3.8) is 0 Å². The van der Waals surface area contributed by atoms with Gasteiger partial charge < -0.3 is 16.3 Å². The number of nitrogens with zero attached hydrogens (tertiary/aromatic N) is 1. The summed E-state index contributed by atoms with van der Waals surface area (Å²) in [7, 11) is 0. The highest BCUT2D eigenvalue weighted by Crippen LogP contribution is 2.28. The summed E-state index contributed by atoms with van der Waals surface area (Å²) < 4.78 is 0. The summed E-state index contributed by atoms with van der Waals surface area (Å²) in [5.74, 6) is 1.10. The molecule has 64 valence electrons. The van der Waals surface area contributed by atoms with Gasteiger partial charge in [0, 0.05) is 19.0 Å². The first kappa shape index (κ1) is 8.33. The molecule has 0 aromatic carbocycles. The summed E-state index contributed by atoms with van der Waals surface area (Å²) in [6, 6.07) is 0.668. The van der Waals surface area contributed by atoms with E-state index in [4.69, 9.17) is 10.9 Å². The number of nitrogens with two attached hydrogens (primary N) is 1. The van der Waals surface area contributed by atoms with Crippen LogP contribution >= 0.6 is 0 Å². The Balaban J connectivity index is 1.96. The second-order valence-electron chi connectivity index (χ2n) is 3.11. The number of amidine groups is 1. The molecule has 2 atom stereocenters. The van der Waals surface area contributed by atoms with Crippen LogP contribution in [0, 0.1) is 5.92 Å². The van der Waals surface area contributed by atoms with Gasteiger partial charge in [-0.05, 0) is 12.3 Å². The molecule has 0 saturated heterocycles. The van der Waals surface area contributed by atoms with Crippen LogP contribution < -0.4 is 11.1 Å². The quantitative estimate of drug-likeness (QED) is 0.235. The van der Waals surface area contributed by atoms with Crippen molar-refractivity contribution in [2.45, 2.75) is 25.8 Å². The van der Waals surface area contributed by atoms with Crippen molar-refractivity contribution in [3.8, 4) is 0 Å². The summed E-state index contributed by atoms with van der Waals surface area (Å²) in [6.45, 7) is 3.02. The zero-order valence-corrected chi connectivity index (χ0v) is 6.75. The van der Waals surface area contributed by atoms with Crippen molar-refractivity contribution < 1.29 is 5.21 Å². The molecule has 0 spiro atoms. The van der Waals surface area contributed by atoms with Gasteiger partial charge in [-0.2, -0.15) is 0 Å². The average Bonchev–Trinajstić information content (AvgIpc) is 2.66. The minimum Gasteiger partial charge on any atom is -0.409 e. The van der Waals surface area contributed by atoms with Crippen LogP contribution in [0.15, 0.2) is 5.16 Å². The summed E-state index contributed by atoms with van der Waals surface area (Å²) in [6.07, 6.45) is 1.88. The van der Waals surface area contributed by atoms with E-state index in [2.05, 4.69) is 17.4 Å². The lowest BCUT2D eigenvalue weighted by Crippen LogP contribution is -2.24. The van der Waals surface area contributed by atoms with Crippen LogP contribution in [-0.4, -0.2) is 23.6 Å². The average molecular weight is 157 g/mol. The number of oxime groups is 1. The zero-order valence-electron chi connectivity index (χ0n) is 6.75. The maximum atomic E-state index is 8.20. The first-order chi connectivity index (χ1) is 5.24. The third-order valence-corrected chi connectivity index (χ3v) is 2.03. The molecule has 1 aliphatic rings. The Hall–Kier alpha value is -0.770. The van der Waals surface area contributed by atoms with E-state index in [-0.39, 0.29) is 0 Å². The Kier molecular flexibility index (Phi) is 2.70. The van der Waals surface area contributed by atoms with Gasteiger partial charge in [0.2, 0.25) is 0 Å². The van der Waals surface area contributed by atoms with E-state index in [1.54, 1.807) is 0 Å². The van der Waals surface area contributed by atoms with Gasteiger partial charge in [0.25, 0.3) is 0 Å². The molecule has 4 N–H and O–H groups in total. The van der Waals surface area contributed by atoms with Crippen molar-refractivity contribution in [2.24, 2.45) is 16.8 Å². The Labute approximate surface area is 66.5 Å². The third-order valence-electron chi connectivity index (χ3n) is 2.03. The highest BCUT2D eigenvalue weighted by atomic mass is 16.4. The van der Waals surface area contributed by atoms with Gasteiger partial charge in [-0.25, -0.2) is 0 Å². The second kappa shape index (κ2) is 3.57. The van der Waals surface area contributed by atoms with Crippen molar-refractivity contribution in [2.75, 3.05) is 6.54 Å². The third kappa shape index (κ3) is 2.76. The molecule has 0 heterocycles. The molecule has 1 fully saturated rings. The van der Waals surface area contributed by atoms with Gasteiger partial charge in [-0.15, -0.1) is 0 Å². The highest BCUT2D eigenvalue weighted by Gasteiger charge is 2.31. The Bertz CT molecular complexity index is 158. The normalized spacial score (nSPS) is 30.5. The maximum Gasteiger partial charge on any atom is 0.140 e. The van der Waals surface area contributed by atoms with Gasteiger partial charge in [0.1, 0.15) is 5.84 Å². The first-order valence-electron chi connectivity index (χ1n) is 3.94. The molecular formula is C7H15N3O. The Morgan fingerprint density at radius 1 is 1.82 bits per heavy atom. The zero-order chi connectivity index (χ0) is 8.27. The Morgan fingerprint density at radius 2 is 2.45 bits per heavy atom. The van der Waals surface area contributed by atoms with Crippen molar-refractivity contribution >= 4 is 5.84 Å².